The summed E-state index contributed by atoms with van der Waals surface area (Å²) < 4.78 is 29.6. The average Bonchev–Trinajstić information content (AvgIpc) is 2.54. The van der Waals surface area contributed by atoms with Crippen LogP contribution in [-0.2, 0) is 24.1 Å². The summed E-state index contributed by atoms with van der Waals surface area (Å²) in [7, 11) is -1.48. The van der Waals surface area contributed by atoms with E-state index in [1.165, 1.54) is 14.1 Å². The lowest BCUT2D eigenvalue weighted by Crippen LogP contribution is -2.42. The molecule has 0 bridgehead atoms. The Morgan fingerprint density at radius 2 is 1.75 bits per heavy atom. The molecule has 7 nitrogen and oxygen atoms in total. The highest BCUT2D eigenvalue weighted by Crippen LogP contribution is 2.21. The highest BCUT2D eigenvalue weighted by molar-refractivity contribution is 7.89. The summed E-state index contributed by atoms with van der Waals surface area (Å²) in [4.78, 5) is 23.4. The first-order chi connectivity index (χ1) is 11.2. The van der Waals surface area contributed by atoms with Gasteiger partial charge in [0.15, 0.2) is 4.90 Å². The zero-order valence-corrected chi connectivity index (χ0v) is 15.1. The molecule has 0 aliphatic rings. The fourth-order valence-electron chi connectivity index (χ4n) is 2.29. The van der Waals surface area contributed by atoms with Gasteiger partial charge in [-0.15, -0.1) is 0 Å². The van der Waals surface area contributed by atoms with Crippen molar-refractivity contribution in [2.45, 2.75) is 24.3 Å². The van der Waals surface area contributed by atoms with Crippen molar-refractivity contribution in [3.8, 4) is 0 Å². The van der Waals surface area contributed by atoms with Crippen LogP contribution in [0.15, 0.2) is 44.9 Å². The molecule has 24 heavy (non-hydrogen) atoms. The lowest BCUT2D eigenvalue weighted by Gasteiger charge is -2.18. The van der Waals surface area contributed by atoms with Gasteiger partial charge in [-0.1, -0.05) is 30.7 Å². The van der Waals surface area contributed by atoms with Crippen LogP contribution in [-0.4, -0.2) is 17.6 Å². The Balaban J connectivity index is 2.46. The molecule has 0 radical (unpaired) electrons. The summed E-state index contributed by atoms with van der Waals surface area (Å²) in [6, 6.07) is 6.25. The van der Waals surface area contributed by atoms with Crippen molar-refractivity contribution in [1.29, 1.82) is 0 Å². The van der Waals surface area contributed by atoms with Crippen LogP contribution in [0.2, 0.25) is 5.02 Å². The Labute approximate surface area is 144 Å². The van der Waals surface area contributed by atoms with Gasteiger partial charge in [-0.05, 0) is 24.1 Å². The second-order valence-corrected chi connectivity index (χ2v) is 7.50. The van der Waals surface area contributed by atoms with Crippen molar-refractivity contribution >= 4 is 21.6 Å². The lowest BCUT2D eigenvalue weighted by atomic mass is 10.1. The van der Waals surface area contributed by atoms with E-state index in [1.807, 2.05) is 6.92 Å². The number of halogens is 1. The maximum absolute atomic E-state index is 12.6. The molecular weight excluding hydrogens is 354 g/mol. The van der Waals surface area contributed by atoms with E-state index in [0.29, 0.717) is 11.4 Å². The maximum atomic E-state index is 12.6. The second kappa shape index (κ2) is 6.92. The summed E-state index contributed by atoms with van der Waals surface area (Å²) in [5.74, 6) is 0. The first kappa shape index (κ1) is 18.4. The number of nitrogens with zero attached hydrogens (tertiary/aromatic N) is 2. The molecule has 0 saturated carbocycles. The average molecular weight is 372 g/mol. The number of hydrogen-bond acceptors (Lipinski definition) is 4. The van der Waals surface area contributed by atoms with Crippen LogP contribution >= 0.6 is 11.6 Å². The number of nitrogens with one attached hydrogen (secondary N) is 1. The molecule has 0 aliphatic heterocycles. The molecule has 2 rings (SSSR count). The molecule has 0 amide bonds. The van der Waals surface area contributed by atoms with Crippen molar-refractivity contribution in [1.82, 2.24) is 13.9 Å². The zero-order valence-electron chi connectivity index (χ0n) is 13.5. The normalized spacial score (nSPS) is 13.0. The van der Waals surface area contributed by atoms with E-state index in [0.717, 1.165) is 20.9 Å². The standard InChI is InChI=1S/C15H18ClN3O4S/c1-4-12(10-5-7-11(16)8-6-10)17-24(22,23)13-9-18(2)15(21)19(3)14(13)20/h5-9,12,17H,4H2,1-3H3. The van der Waals surface area contributed by atoms with Gasteiger partial charge in [-0.3, -0.25) is 9.36 Å². The molecule has 0 fully saturated rings. The first-order valence-electron chi connectivity index (χ1n) is 7.22. The molecule has 9 heteroatoms. The number of hydrogen-bond donors (Lipinski definition) is 1. The number of benzene rings is 1. The summed E-state index contributed by atoms with van der Waals surface area (Å²) >= 11 is 5.84. The monoisotopic (exact) mass is 371 g/mol. The Kier molecular flexibility index (Phi) is 5.32. The highest BCUT2D eigenvalue weighted by Gasteiger charge is 2.25. The zero-order chi connectivity index (χ0) is 18.1. The molecule has 0 spiro atoms. The van der Waals surface area contributed by atoms with E-state index in [2.05, 4.69) is 4.72 Å². The third-order valence-electron chi connectivity index (χ3n) is 3.68. The molecule has 0 aliphatic carbocycles. The van der Waals surface area contributed by atoms with Gasteiger partial charge < -0.3 is 4.57 Å². The summed E-state index contributed by atoms with van der Waals surface area (Å²) in [6.45, 7) is 1.82. The van der Waals surface area contributed by atoms with Gasteiger partial charge in [0.05, 0.1) is 0 Å². The molecule has 1 unspecified atom stereocenters. The minimum absolute atomic E-state index is 0.473. The van der Waals surface area contributed by atoms with Crippen LogP contribution in [0.4, 0.5) is 0 Å². The molecule has 1 atom stereocenters. The van der Waals surface area contributed by atoms with Gasteiger partial charge >= 0.3 is 5.69 Å². The minimum Gasteiger partial charge on any atom is -0.302 e. The van der Waals surface area contributed by atoms with E-state index in [4.69, 9.17) is 11.6 Å². The largest absolute Gasteiger partial charge is 0.330 e. The highest BCUT2D eigenvalue weighted by atomic mass is 35.5. The van der Waals surface area contributed by atoms with E-state index in [9.17, 15) is 18.0 Å². The third kappa shape index (κ3) is 3.61. The molecular formula is C15H18ClN3O4S. The SMILES string of the molecule is CCC(NS(=O)(=O)c1cn(C)c(=O)n(C)c1=O)c1ccc(Cl)cc1. The number of aryl methyl sites for hydroxylation is 1. The second-order valence-electron chi connectivity index (χ2n) is 5.38. The molecule has 1 aromatic heterocycles. The summed E-state index contributed by atoms with van der Waals surface area (Å²) in [5, 5.41) is 0.545. The van der Waals surface area contributed by atoms with Gasteiger partial charge in [0.2, 0.25) is 10.0 Å². The molecule has 1 heterocycles. The fraction of sp³-hybridized carbons (Fsp3) is 0.333. The van der Waals surface area contributed by atoms with E-state index >= 15 is 0 Å². The van der Waals surface area contributed by atoms with E-state index in [1.54, 1.807) is 24.3 Å². The Morgan fingerprint density at radius 1 is 1.17 bits per heavy atom. The van der Waals surface area contributed by atoms with Crippen LogP contribution in [0, 0.1) is 0 Å². The smallest absolute Gasteiger partial charge is 0.302 e. The van der Waals surface area contributed by atoms with Crippen molar-refractivity contribution in [3.05, 3.63) is 61.9 Å². The molecule has 2 aromatic rings. The lowest BCUT2D eigenvalue weighted by molar-refractivity contribution is 0.543. The van der Waals surface area contributed by atoms with Crippen LogP contribution in [0.5, 0.6) is 0 Å². The van der Waals surface area contributed by atoms with Crippen LogP contribution in [0.3, 0.4) is 0 Å². The number of aromatic nitrogens is 2. The topological polar surface area (TPSA) is 90.2 Å². The number of rotatable bonds is 5. The fourth-order valence-corrected chi connectivity index (χ4v) is 3.89. The van der Waals surface area contributed by atoms with Crippen LogP contribution in [0.1, 0.15) is 24.9 Å². The van der Waals surface area contributed by atoms with Crippen LogP contribution < -0.4 is 16.0 Å². The summed E-state index contributed by atoms with van der Waals surface area (Å²) in [6.07, 6.45) is 1.51. The molecule has 0 saturated heterocycles. The van der Waals surface area contributed by atoms with Gasteiger partial charge in [0, 0.05) is 31.4 Å². The van der Waals surface area contributed by atoms with E-state index in [-0.39, 0.29) is 0 Å². The van der Waals surface area contributed by atoms with Gasteiger partial charge in [-0.25, -0.2) is 17.9 Å². The van der Waals surface area contributed by atoms with E-state index < -0.39 is 32.2 Å². The number of sulfonamides is 1. The third-order valence-corrected chi connectivity index (χ3v) is 5.39. The maximum Gasteiger partial charge on any atom is 0.330 e. The predicted octanol–water partition coefficient (Wildman–Crippen LogP) is 1.17. The predicted molar refractivity (Wildman–Crippen MR) is 91.7 cm³/mol. The Hall–Kier alpha value is -1.90. The molecule has 1 N–H and O–H groups in total. The Morgan fingerprint density at radius 3 is 2.29 bits per heavy atom. The van der Waals surface area contributed by atoms with Crippen LogP contribution in [0.25, 0.3) is 0 Å². The van der Waals surface area contributed by atoms with Gasteiger partial charge in [0.25, 0.3) is 5.56 Å². The minimum atomic E-state index is -4.10. The first-order valence-corrected chi connectivity index (χ1v) is 9.08. The van der Waals surface area contributed by atoms with Gasteiger partial charge in [-0.2, -0.15) is 0 Å². The molecule has 1 aromatic carbocycles. The quantitative estimate of drug-likeness (QED) is 0.854. The summed E-state index contributed by atoms with van der Waals surface area (Å²) in [5.41, 5.74) is -0.729. The van der Waals surface area contributed by atoms with Crippen molar-refractivity contribution < 1.29 is 8.42 Å². The molecule has 130 valence electrons. The van der Waals surface area contributed by atoms with Crippen molar-refractivity contribution in [3.63, 3.8) is 0 Å². The Bertz CT molecular complexity index is 962. The van der Waals surface area contributed by atoms with Crippen molar-refractivity contribution in [2.24, 2.45) is 14.1 Å². The van der Waals surface area contributed by atoms with Gasteiger partial charge in [0.1, 0.15) is 0 Å². The van der Waals surface area contributed by atoms with Crippen molar-refractivity contribution in [2.75, 3.05) is 0 Å².